The summed E-state index contributed by atoms with van der Waals surface area (Å²) in [6.07, 6.45) is 1.80. The van der Waals surface area contributed by atoms with Gasteiger partial charge in [-0.1, -0.05) is 11.6 Å². The minimum absolute atomic E-state index is 0.393. The number of anilines is 2. The van der Waals surface area contributed by atoms with Crippen molar-refractivity contribution in [1.82, 2.24) is 4.31 Å². The summed E-state index contributed by atoms with van der Waals surface area (Å²) in [6.45, 7) is 1.13. The van der Waals surface area contributed by atoms with E-state index in [0.717, 1.165) is 12.8 Å². The maximum Gasteiger partial charge on any atom is 0.303 e. The van der Waals surface area contributed by atoms with Crippen molar-refractivity contribution in [2.75, 3.05) is 30.2 Å². The van der Waals surface area contributed by atoms with Gasteiger partial charge in [0.25, 0.3) is 0 Å². The van der Waals surface area contributed by atoms with Crippen LogP contribution in [0.5, 0.6) is 0 Å². The lowest BCUT2D eigenvalue weighted by molar-refractivity contribution is 0.476. The van der Waals surface area contributed by atoms with Crippen LogP contribution in [0, 0.1) is 0 Å². The number of nitrogens with two attached hydrogens (primary N) is 1. The molecule has 100 valence electrons. The van der Waals surface area contributed by atoms with Gasteiger partial charge in [0.15, 0.2) is 0 Å². The zero-order valence-electron chi connectivity index (χ0n) is 10.1. The predicted octanol–water partition coefficient (Wildman–Crippen LogP) is 1.70. The molecule has 0 unspecified atom stereocenters. The van der Waals surface area contributed by atoms with E-state index in [1.807, 2.05) is 0 Å². The Bertz CT molecular complexity index is 541. The molecule has 0 bridgehead atoms. The van der Waals surface area contributed by atoms with Crippen molar-refractivity contribution in [3.63, 3.8) is 0 Å². The summed E-state index contributed by atoms with van der Waals surface area (Å²) in [7, 11) is -2.01. The maximum atomic E-state index is 12.3. The highest BCUT2D eigenvalue weighted by atomic mass is 35.5. The van der Waals surface area contributed by atoms with Crippen LogP contribution >= 0.6 is 11.6 Å². The predicted molar refractivity (Wildman–Crippen MR) is 74.0 cm³/mol. The van der Waals surface area contributed by atoms with Crippen molar-refractivity contribution in [1.29, 1.82) is 0 Å². The number of hydrogen-bond acceptors (Lipinski definition) is 3. The van der Waals surface area contributed by atoms with Crippen LogP contribution in [-0.2, 0) is 10.2 Å². The van der Waals surface area contributed by atoms with Crippen LogP contribution in [0.4, 0.5) is 11.4 Å². The average Bonchev–Trinajstić information content (AvgIpc) is 2.85. The standard InChI is InChI=1S/C11H16ClN3O2S/c1-14(11-8-9(12)4-5-10(11)13)18(16,17)15-6-2-3-7-15/h4-5,8H,2-3,6-7,13H2,1H3. The topological polar surface area (TPSA) is 66.6 Å². The molecule has 1 aromatic carbocycles. The average molecular weight is 290 g/mol. The first-order valence-corrected chi connectivity index (χ1v) is 7.49. The number of rotatable bonds is 3. The van der Waals surface area contributed by atoms with Crippen LogP contribution in [0.1, 0.15) is 12.8 Å². The molecule has 0 spiro atoms. The molecule has 2 N–H and O–H groups in total. The van der Waals surface area contributed by atoms with E-state index in [1.165, 1.54) is 15.7 Å². The van der Waals surface area contributed by atoms with E-state index in [1.54, 1.807) is 18.2 Å². The highest BCUT2D eigenvalue weighted by molar-refractivity contribution is 7.90. The molecule has 7 heteroatoms. The second-order valence-electron chi connectivity index (χ2n) is 4.28. The summed E-state index contributed by atoms with van der Waals surface area (Å²) in [5, 5.41) is 0.461. The quantitative estimate of drug-likeness (QED) is 0.861. The Hall–Kier alpha value is -0.980. The molecule has 1 aliphatic heterocycles. The summed E-state index contributed by atoms with van der Waals surface area (Å²) in [5.74, 6) is 0. The van der Waals surface area contributed by atoms with Crippen molar-refractivity contribution in [2.24, 2.45) is 0 Å². The molecule has 1 heterocycles. The molecule has 0 aliphatic carbocycles. The molecule has 0 aromatic heterocycles. The number of halogens is 1. The van der Waals surface area contributed by atoms with Gasteiger partial charge in [0, 0.05) is 25.2 Å². The zero-order chi connectivity index (χ0) is 13.3. The normalized spacial score (nSPS) is 17.0. The minimum Gasteiger partial charge on any atom is -0.397 e. The molecule has 5 nitrogen and oxygen atoms in total. The summed E-state index contributed by atoms with van der Waals surface area (Å²) >= 11 is 5.88. The lowest BCUT2D eigenvalue weighted by Crippen LogP contribution is -2.40. The van der Waals surface area contributed by atoms with Crippen molar-refractivity contribution >= 4 is 33.2 Å². The molecule has 0 amide bonds. The number of nitrogen functional groups attached to an aromatic ring is 1. The Labute approximate surface area is 112 Å². The Morgan fingerprint density at radius 3 is 2.56 bits per heavy atom. The lowest BCUT2D eigenvalue weighted by Gasteiger charge is -2.26. The molecular weight excluding hydrogens is 274 g/mol. The third-order valence-electron chi connectivity index (χ3n) is 3.07. The molecule has 0 radical (unpaired) electrons. The molecule has 18 heavy (non-hydrogen) atoms. The van der Waals surface area contributed by atoms with Gasteiger partial charge in [-0.3, -0.25) is 4.31 Å². The Kier molecular flexibility index (Phi) is 3.70. The van der Waals surface area contributed by atoms with Crippen LogP contribution in [0.25, 0.3) is 0 Å². The molecule has 1 saturated heterocycles. The highest BCUT2D eigenvalue weighted by Crippen LogP contribution is 2.29. The summed E-state index contributed by atoms with van der Waals surface area (Å²) < 4.78 is 27.4. The van der Waals surface area contributed by atoms with Crippen LogP contribution in [0.15, 0.2) is 18.2 Å². The Morgan fingerprint density at radius 2 is 1.94 bits per heavy atom. The van der Waals surface area contributed by atoms with Crippen LogP contribution in [0.3, 0.4) is 0 Å². The van der Waals surface area contributed by atoms with Gasteiger partial charge < -0.3 is 5.73 Å². The van der Waals surface area contributed by atoms with E-state index >= 15 is 0 Å². The molecule has 1 fully saturated rings. The van der Waals surface area contributed by atoms with Crippen molar-refractivity contribution in [3.8, 4) is 0 Å². The second-order valence-corrected chi connectivity index (χ2v) is 6.68. The molecule has 0 saturated carbocycles. The maximum absolute atomic E-state index is 12.3. The molecule has 1 aromatic rings. The fraction of sp³-hybridized carbons (Fsp3) is 0.455. The van der Waals surface area contributed by atoms with E-state index in [9.17, 15) is 8.42 Å². The van der Waals surface area contributed by atoms with Crippen LogP contribution in [-0.4, -0.2) is 32.9 Å². The minimum atomic E-state index is -3.50. The number of hydrogen-bond donors (Lipinski definition) is 1. The highest BCUT2D eigenvalue weighted by Gasteiger charge is 2.30. The van der Waals surface area contributed by atoms with Gasteiger partial charge in [-0.2, -0.15) is 12.7 Å². The molecular formula is C11H16ClN3O2S. The van der Waals surface area contributed by atoms with Gasteiger partial charge in [-0.05, 0) is 31.0 Å². The van der Waals surface area contributed by atoms with Crippen molar-refractivity contribution in [2.45, 2.75) is 12.8 Å². The lowest BCUT2D eigenvalue weighted by atomic mass is 10.3. The van der Waals surface area contributed by atoms with Gasteiger partial charge in [0.1, 0.15) is 0 Å². The zero-order valence-corrected chi connectivity index (χ0v) is 11.7. The Morgan fingerprint density at radius 1 is 1.33 bits per heavy atom. The number of benzene rings is 1. The molecule has 1 aliphatic rings. The fourth-order valence-electron chi connectivity index (χ4n) is 2.01. The number of nitrogens with zero attached hydrogens (tertiary/aromatic N) is 2. The van der Waals surface area contributed by atoms with Gasteiger partial charge in [0.2, 0.25) is 0 Å². The second kappa shape index (κ2) is 4.95. The smallest absolute Gasteiger partial charge is 0.303 e. The summed E-state index contributed by atoms with van der Waals surface area (Å²) in [5.41, 5.74) is 6.61. The molecule has 0 atom stereocenters. The van der Waals surface area contributed by atoms with Crippen molar-refractivity contribution < 1.29 is 8.42 Å². The van der Waals surface area contributed by atoms with Gasteiger partial charge in [0.05, 0.1) is 11.4 Å². The van der Waals surface area contributed by atoms with E-state index < -0.39 is 10.2 Å². The van der Waals surface area contributed by atoms with E-state index in [4.69, 9.17) is 17.3 Å². The third-order valence-corrected chi connectivity index (χ3v) is 5.21. The first-order chi connectivity index (χ1) is 8.43. The van der Waals surface area contributed by atoms with Gasteiger partial charge in [-0.25, -0.2) is 0 Å². The SMILES string of the molecule is CN(c1cc(Cl)ccc1N)S(=O)(=O)N1CCCC1. The van der Waals surface area contributed by atoms with E-state index in [0.29, 0.717) is 29.5 Å². The Balaban J connectivity index is 2.35. The van der Waals surface area contributed by atoms with Gasteiger partial charge >= 0.3 is 10.2 Å². The van der Waals surface area contributed by atoms with Crippen molar-refractivity contribution in [3.05, 3.63) is 23.2 Å². The first-order valence-electron chi connectivity index (χ1n) is 5.72. The summed E-state index contributed by atoms with van der Waals surface area (Å²) in [4.78, 5) is 0. The first kappa shape index (κ1) is 13.5. The largest absolute Gasteiger partial charge is 0.397 e. The van der Waals surface area contributed by atoms with Crippen LogP contribution in [0.2, 0.25) is 5.02 Å². The van der Waals surface area contributed by atoms with E-state index in [-0.39, 0.29) is 0 Å². The van der Waals surface area contributed by atoms with E-state index in [2.05, 4.69) is 0 Å². The third kappa shape index (κ3) is 2.41. The monoisotopic (exact) mass is 289 g/mol. The van der Waals surface area contributed by atoms with Crippen LogP contribution < -0.4 is 10.0 Å². The molecule has 2 rings (SSSR count). The van der Waals surface area contributed by atoms with Gasteiger partial charge in [-0.15, -0.1) is 0 Å². The fourth-order valence-corrected chi connectivity index (χ4v) is 3.64. The summed E-state index contributed by atoms with van der Waals surface area (Å²) in [6, 6.07) is 4.80.